The molecule has 0 N–H and O–H groups in total. The third-order valence-electron chi connectivity index (χ3n) is 3.15. The summed E-state index contributed by atoms with van der Waals surface area (Å²) in [5, 5.41) is 8.55. The molecule has 104 valence electrons. The number of carbonyl (C=O) groups excluding carboxylic acids is 2. The van der Waals surface area contributed by atoms with E-state index in [9.17, 15) is 9.59 Å². The molecule has 1 aromatic rings. The van der Waals surface area contributed by atoms with Crippen molar-refractivity contribution in [1.82, 2.24) is 19.8 Å². The Morgan fingerprint density at radius 3 is 2.65 bits per heavy atom. The van der Waals surface area contributed by atoms with Crippen molar-refractivity contribution < 1.29 is 9.59 Å². The lowest BCUT2D eigenvalue weighted by atomic mass is 10.3. The summed E-state index contributed by atoms with van der Waals surface area (Å²) >= 11 is 0. The third kappa shape index (κ3) is 3.29. The topological polar surface area (TPSA) is 90.2 Å². The molecule has 20 heavy (non-hydrogen) atoms. The van der Waals surface area contributed by atoms with Crippen molar-refractivity contribution in [3.8, 4) is 6.07 Å². The normalized spacial score (nSPS) is 15.3. The van der Waals surface area contributed by atoms with Gasteiger partial charge >= 0.3 is 0 Å². The highest BCUT2D eigenvalue weighted by molar-refractivity contribution is 5.92. The van der Waals surface area contributed by atoms with Crippen LogP contribution in [0.2, 0.25) is 0 Å². The van der Waals surface area contributed by atoms with Crippen molar-refractivity contribution in [2.24, 2.45) is 0 Å². The van der Waals surface area contributed by atoms with Crippen LogP contribution in [0.5, 0.6) is 0 Å². The van der Waals surface area contributed by atoms with Gasteiger partial charge in [-0.25, -0.2) is 4.98 Å². The number of rotatable bonds is 2. The zero-order chi connectivity index (χ0) is 14.4. The number of amides is 2. The Morgan fingerprint density at radius 2 is 1.95 bits per heavy atom. The lowest BCUT2D eigenvalue weighted by Crippen LogP contribution is -2.37. The van der Waals surface area contributed by atoms with Crippen LogP contribution in [-0.4, -0.2) is 57.8 Å². The van der Waals surface area contributed by atoms with E-state index in [1.165, 1.54) is 18.6 Å². The highest BCUT2D eigenvalue weighted by atomic mass is 16.2. The number of hydrogen-bond acceptors (Lipinski definition) is 5. The molecule has 2 amide bonds. The van der Waals surface area contributed by atoms with Gasteiger partial charge in [-0.05, 0) is 6.42 Å². The minimum atomic E-state index is -0.179. The number of nitriles is 1. The molecule has 0 unspecified atom stereocenters. The van der Waals surface area contributed by atoms with Crippen molar-refractivity contribution in [2.45, 2.75) is 12.8 Å². The molecule has 1 aliphatic rings. The van der Waals surface area contributed by atoms with Crippen molar-refractivity contribution in [2.75, 3.05) is 26.2 Å². The van der Waals surface area contributed by atoms with Crippen LogP contribution in [0.15, 0.2) is 18.6 Å². The Labute approximate surface area is 116 Å². The van der Waals surface area contributed by atoms with Gasteiger partial charge in [0, 0.05) is 38.6 Å². The second-order valence-electron chi connectivity index (χ2n) is 4.45. The van der Waals surface area contributed by atoms with E-state index in [4.69, 9.17) is 5.26 Å². The van der Waals surface area contributed by atoms with Crippen LogP contribution in [0, 0.1) is 11.3 Å². The molecule has 2 heterocycles. The van der Waals surface area contributed by atoms with Crippen molar-refractivity contribution >= 4 is 11.8 Å². The number of carbonyl (C=O) groups is 2. The summed E-state index contributed by atoms with van der Waals surface area (Å²) < 4.78 is 0. The molecule has 0 saturated carbocycles. The monoisotopic (exact) mass is 273 g/mol. The molecule has 0 aromatic carbocycles. The Balaban J connectivity index is 1.98. The van der Waals surface area contributed by atoms with Gasteiger partial charge in [-0.15, -0.1) is 0 Å². The smallest absolute Gasteiger partial charge is 0.274 e. The molecule has 1 aliphatic heterocycles. The van der Waals surface area contributed by atoms with Gasteiger partial charge in [0.25, 0.3) is 5.91 Å². The Morgan fingerprint density at radius 1 is 1.20 bits per heavy atom. The van der Waals surface area contributed by atoms with Crippen LogP contribution in [0.4, 0.5) is 0 Å². The Kier molecular flexibility index (Phi) is 4.60. The van der Waals surface area contributed by atoms with Gasteiger partial charge in [0.1, 0.15) is 12.1 Å². The molecule has 2 rings (SSSR count). The maximum absolute atomic E-state index is 12.2. The second kappa shape index (κ2) is 6.61. The van der Waals surface area contributed by atoms with E-state index in [0.29, 0.717) is 38.3 Å². The molecular weight excluding hydrogens is 258 g/mol. The summed E-state index contributed by atoms with van der Waals surface area (Å²) in [6.45, 7) is 2.05. The molecule has 1 aromatic heterocycles. The fraction of sp³-hybridized carbons (Fsp3) is 0.462. The Hall–Kier alpha value is -2.49. The second-order valence-corrected chi connectivity index (χ2v) is 4.45. The van der Waals surface area contributed by atoms with Crippen LogP contribution in [-0.2, 0) is 4.79 Å². The first-order valence-corrected chi connectivity index (χ1v) is 6.42. The van der Waals surface area contributed by atoms with Crippen LogP contribution in [0.3, 0.4) is 0 Å². The van der Waals surface area contributed by atoms with E-state index >= 15 is 0 Å². The summed E-state index contributed by atoms with van der Waals surface area (Å²) in [6.07, 6.45) is 5.02. The van der Waals surface area contributed by atoms with Gasteiger partial charge in [-0.2, -0.15) is 5.26 Å². The molecular formula is C13H15N5O2. The Bertz CT molecular complexity index is 525. The molecule has 0 atom stereocenters. The lowest BCUT2D eigenvalue weighted by Gasteiger charge is -2.21. The first kappa shape index (κ1) is 13.9. The van der Waals surface area contributed by atoms with E-state index in [1.807, 2.05) is 6.07 Å². The molecule has 0 radical (unpaired) electrons. The quantitative estimate of drug-likeness (QED) is 0.760. The lowest BCUT2D eigenvalue weighted by molar-refractivity contribution is -0.129. The van der Waals surface area contributed by atoms with Gasteiger partial charge in [-0.1, -0.05) is 0 Å². The highest BCUT2D eigenvalue weighted by Gasteiger charge is 2.23. The van der Waals surface area contributed by atoms with Crippen LogP contribution in [0.1, 0.15) is 23.3 Å². The van der Waals surface area contributed by atoms with E-state index < -0.39 is 0 Å². The molecule has 7 heteroatoms. The average Bonchev–Trinajstić information content (AvgIpc) is 2.73. The zero-order valence-corrected chi connectivity index (χ0v) is 11.0. The first-order valence-electron chi connectivity index (χ1n) is 6.42. The molecule has 0 bridgehead atoms. The van der Waals surface area contributed by atoms with Gasteiger partial charge < -0.3 is 9.80 Å². The van der Waals surface area contributed by atoms with E-state index in [-0.39, 0.29) is 18.2 Å². The zero-order valence-electron chi connectivity index (χ0n) is 11.0. The SMILES string of the molecule is N#CCC(=O)N1CCCN(C(=O)c2cnccn2)CC1. The van der Waals surface area contributed by atoms with Gasteiger partial charge in [0.05, 0.1) is 12.3 Å². The molecule has 0 aliphatic carbocycles. The van der Waals surface area contributed by atoms with E-state index in [1.54, 1.807) is 9.80 Å². The fourth-order valence-electron chi connectivity index (χ4n) is 2.12. The van der Waals surface area contributed by atoms with Crippen LogP contribution >= 0.6 is 0 Å². The van der Waals surface area contributed by atoms with Gasteiger partial charge in [0.15, 0.2) is 0 Å². The number of aromatic nitrogens is 2. The van der Waals surface area contributed by atoms with Crippen molar-refractivity contribution in [1.29, 1.82) is 5.26 Å². The van der Waals surface area contributed by atoms with Crippen molar-refractivity contribution in [3.63, 3.8) is 0 Å². The summed E-state index contributed by atoms with van der Waals surface area (Å²) in [4.78, 5) is 35.1. The standard InChI is InChI=1S/C13H15N5O2/c14-3-2-12(19)17-6-1-7-18(9-8-17)13(20)11-10-15-4-5-16-11/h4-5,10H,1-2,6-9H2. The van der Waals surface area contributed by atoms with Crippen LogP contribution < -0.4 is 0 Å². The molecule has 1 fully saturated rings. The number of hydrogen-bond donors (Lipinski definition) is 0. The molecule has 1 saturated heterocycles. The van der Waals surface area contributed by atoms with E-state index in [0.717, 1.165) is 0 Å². The highest BCUT2D eigenvalue weighted by Crippen LogP contribution is 2.08. The maximum atomic E-state index is 12.2. The summed E-state index contributed by atoms with van der Waals surface area (Å²) in [6, 6.07) is 1.85. The van der Waals surface area contributed by atoms with Gasteiger partial charge in [-0.3, -0.25) is 14.6 Å². The van der Waals surface area contributed by atoms with Gasteiger partial charge in [0.2, 0.25) is 5.91 Å². The van der Waals surface area contributed by atoms with Crippen LogP contribution in [0.25, 0.3) is 0 Å². The minimum absolute atomic E-state index is 0.113. The fourth-order valence-corrected chi connectivity index (χ4v) is 2.12. The molecule has 0 spiro atoms. The average molecular weight is 273 g/mol. The summed E-state index contributed by atoms with van der Waals surface area (Å²) in [7, 11) is 0. The minimum Gasteiger partial charge on any atom is -0.340 e. The predicted octanol–water partition coefficient (Wildman–Crippen LogP) is 0.0648. The van der Waals surface area contributed by atoms with E-state index in [2.05, 4.69) is 9.97 Å². The summed E-state index contributed by atoms with van der Waals surface area (Å²) in [5.41, 5.74) is 0.310. The largest absolute Gasteiger partial charge is 0.340 e. The number of nitrogens with zero attached hydrogens (tertiary/aromatic N) is 5. The third-order valence-corrected chi connectivity index (χ3v) is 3.15. The maximum Gasteiger partial charge on any atom is 0.274 e. The predicted molar refractivity (Wildman–Crippen MR) is 69.4 cm³/mol. The summed E-state index contributed by atoms with van der Waals surface area (Å²) in [5.74, 6) is -0.353. The first-order chi connectivity index (χ1) is 9.72. The van der Waals surface area contributed by atoms with Crippen molar-refractivity contribution in [3.05, 3.63) is 24.3 Å². The molecule has 7 nitrogen and oxygen atoms in total.